The number of amides is 2. The Bertz CT molecular complexity index is 957. The fourth-order valence-corrected chi connectivity index (χ4v) is 6.40. The summed E-state index contributed by atoms with van der Waals surface area (Å²) in [4.78, 5) is 27.1. The first-order chi connectivity index (χ1) is 16.5. The third kappa shape index (κ3) is 5.48. The first-order valence-corrected chi connectivity index (χ1v) is 12.4. The molecule has 4 bridgehead atoms. The summed E-state index contributed by atoms with van der Waals surface area (Å²) in [5.74, 6) is 1.72. The number of aliphatic hydroxyl groups is 1. The Morgan fingerprint density at radius 3 is 2.57 bits per heavy atom. The van der Waals surface area contributed by atoms with Crippen LogP contribution in [-0.2, 0) is 9.47 Å². The highest BCUT2D eigenvalue weighted by Crippen LogP contribution is 2.55. The molecule has 3 N–H and O–H groups in total. The molecular weight excluding hydrogens is 450 g/mol. The second-order valence-electron chi connectivity index (χ2n) is 11.1. The number of hydrogen-bond acceptors (Lipinski definition) is 7. The molecule has 0 aliphatic heterocycles. The van der Waals surface area contributed by atoms with Gasteiger partial charge in [-0.25, -0.2) is 9.48 Å². The molecule has 2 unspecified atom stereocenters. The molecule has 4 fully saturated rings. The normalized spacial score (nSPS) is 29.4. The van der Waals surface area contributed by atoms with E-state index in [0.717, 1.165) is 32.1 Å². The summed E-state index contributed by atoms with van der Waals surface area (Å²) in [5, 5.41) is 21.4. The van der Waals surface area contributed by atoms with Gasteiger partial charge in [-0.1, -0.05) is 0 Å². The van der Waals surface area contributed by atoms with Crippen molar-refractivity contribution in [3.05, 3.63) is 17.8 Å². The van der Waals surface area contributed by atoms with E-state index in [-0.39, 0.29) is 11.9 Å². The monoisotopic (exact) mass is 489 g/mol. The van der Waals surface area contributed by atoms with Crippen LogP contribution in [0.4, 0.5) is 10.6 Å². The van der Waals surface area contributed by atoms with E-state index < -0.39 is 17.2 Å². The highest BCUT2D eigenvalue weighted by atomic mass is 16.5. The molecule has 1 aromatic rings. The van der Waals surface area contributed by atoms with Crippen LogP contribution in [0.25, 0.3) is 6.20 Å². The molecule has 1 heterocycles. The number of methoxy groups -OCH3 is 2. The smallest absolute Gasteiger partial charge is 0.407 e. The largest absolute Gasteiger partial charge is 0.453 e. The minimum atomic E-state index is -0.690. The number of nitrogens with zero attached hydrogens (tertiary/aromatic N) is 3. The van der Waals surface area contributed by atoms with Crippen LogP contribution in [0.15, 0.2) is 12.3 Å². The number of ether oxygens (including phenoxy) is 2. The van der Waals surface area contributed by atoms with Gasteiger partial charge in [-0.3, -0.25) is 4.79 Å². The van der Waals surface area contributed by atoms with Gasteiger partial charge in [-0.2, -0.15) is 5.10 Å². The molecule has 35 heavy (non-hydrogen) atoms. The number of rotatable bonds is 9. The average Bonchev–Trinajstić information content (AvgIpc) is 3.21. The number of anilines is 1. The predicted molar refractivity (Wildman–Crippen MR) is 132 cm³/mol. The van der Waals surface area contributed by atoms with E-state index in [9.17, 15) is 14.7 Å². The quantitative estimate of drug-likeness (QED) is 0.487. The van der Waals surface area contributed by atoms with Gasteiger partial charge >= 0.3 is 6.09 Å². The maximum absolute atomic E-state index is 13.5. The van der Waals surface area contributed by atoms with Crippen molar-refractivity contribution in [1.82, 2.24) is 20.4 Å². The number of hydrogen-bond donors (Lipinski definition) is 3. The maximum atomic E-state index is 13.5. The zero-order valence-electron chi connectivity index (χ0n) is 21.4. The van der Waals surface area contributed by atoms with Crippen LogP contribution < -0.4 is 15.5 Å². The predicted octanol–water partition coefficient (Wildman–Crippen LogP) is 2.24. The van der Waals surface area contributed by atoms with Gasteiger partial charge in [-0.15, -0.1) is 0 Å². The van der Waals surface area contributed by atoms with Crippen molar-refractivity contribution in [3.8, 4) is 0 Å². The van der Waals surface area contributed by atoms with Gasteiger partial charge in [0.1, 0.15) is 11.4 Å². The highest BCUT2D eigenvalue weighted by molar-refractivity contribution is 5.99. The topological polar surface area (TPSA) is 118 Å². The van der Waals surface area contributed by atoms with Crippen LogP contribution in [0.5, 0.6) is 0 Å². The summed E-state index contributed by atoms with van der Waals surface area (Å²) in [7, 11) is 4.85. The van der Waals surface area contributed by atoms with Gasteiger partial charge in [0.15, 0.2) is 0 Å². The third-order valence-corrected chi connectivity index (χ3v) is 7.79. The summed E-state index contributed by atoms with van der Waals surface area (Å²) in [6, 6.07) is 0.0820. The van der Waals surface area contributed by atoms with E-state index >= 15 is 0 Å². The molecular formula is C25H39N5O5. The van der Waals surface area contributed by atoms with E-state index in [1.165, 1.54) is 7.11 Å². The Hall–Kier alpha value is -2.59. The van der Waals surface area contributed by atoms with Crippen LogP contribution in [0.2, 0.25) is 0 Å². The van der Waals surface area contributed by atoms with Crippen molar-refractivity contribution in [3.63, 3.8) is 0 Å². The van der Waals surface area contributed by atoms with Gasteiger partial charge in [0, 0.05) is 32.9 Å². The summed E-state index contributed by atoms with van der Waals surface area (Å²) in [6.45, 7) is 4.75. The number of aromatic nitrogens is 2. The SMILES string of the molecule is COCCN(C)c1c(C(=O)N[C@H]2C3CC4CC2C[C@](O)(C4)C3)cnn1/C=C/C(C)(C)NC(=O)OC. The minimum Gasteiger partial charge on any atom is -0.453 e. The average molecular weight is 490 g/mol. The van der Waals surface area contributed by atoms with Crippen LogP contribution in [-0.4, -0.2) is 78.5 Å². The Kier molecular flexibility index (Phi) is 7.15. The second kappa shape index (κ2) is 9.81. The van der Waals surface area contributed by atoms with Gasteiger partial charge in [0.25, 0.3) is 5.91 Å². The molecule has 10 nitrogen and oxygen atoms in total. The van der Waals surface area contributed by atoms with Crippen LogP contribution >= 0.6 is 0 Å². The molecule has 4 aliphatic rings. The first kappa shape index (κ1) is 25.5. The molecule has 4 aliphatic carbocycles. The van der Waals surface area contributed by atoms with E-state index in [1.807, 2.05) is 25.8 Å². The number of carbonyl (C=O) groups excluding carboxylic acids is 2. The van der Waals surface area contributed by atoms with Gasteiger partial charge in [-0.05, 0) is 69.8 Å². The second-order valence-corrected chi connectivity index (χ2v) is 11.1. The number of nitrogens with one attached hydrogen (secondary N) is 2. The molecule has 0 spiro atoms. The molecule has 4 saturated carbocycles. The van der Waals surface area contributed by atoms with Crippen molar-refractivity contribution >= 4 is 24.0 Å². The zero-order valence-corrected chi connectivity index (χ0v) is 21.4. The fourth-order valence-electron chi connectivity index (χ4n) is 6.40. The van der Waals surface area contributed by atoms with E-state index in [0.29, 0.717) is 42.3 Å². The lowest BCUT2D eigenvalue weighted by Gasteiger charge is -2.58. The molecule has 1 aromatic heterocycles. The van der Waals surface area contributed by atoms with Crippen molar-refractivity contribution in [2.75, 3.05) is 39.3 Å². The summed E-state index contributed by atoms with van der Waals surface area (Å²) in [6.07, 6.45) is 9.21. The summed E-state index contributed by atoms with van der Waals surface area (Å²) >= 11 is 0. The molecule has 0 radical (unpaired) electrons. The number of carbonyl (C=O) groups is 2. The van der Waals surface area contributed by atoms with Gasteiger partial charge in [0.05, 0.1) is 31.1 Å². The van der Waals surface area contributed by atoms with E-state index in [4.69, 9.17) is 9.47 Å². The molecule has 5 rings (SSSR count). The standard InChI is InChI=1S/C25H39N5O5/c1-24(2,28-23(32)35-5)6-7-30-22(29(3)8-9-34-4)19(15-26-30)21(31)27-20-17-10-16-11-18(20)14-25(33,12-16)13-17/h6-7,15-18,20,33H,8-14H2,1-5H3,(H,27,31)(H,28,32)/b7-6+/t16?,17?,18?,20-,25-. The highest BCUT2D eigenvalue weighted by Gasteiger charge is 2.55. The minimum absolute atomic E-state index is 0.0820. The first-order valence-electron chi connectivity index (χ1n) is 12.4. The number of alkyl carbamates (subject to hydrolysis) is 1. The zero-order chi connectivity index (χ0) is 25.4. The van der Waals surface area contributed by atoms with Gasteiger partial charge < -0.3 is 30.1 Å². The van der Waals surface area contributed by atoms with Crippen molar-refractivity contribution in [2.24, 2.45) is 17.8 Å². The lowest BCUT2D eigenvalue weighted by atomic mass is 9.52. The Morgan fingerprint density at radius 1 is 1.29 bits per heavy atom. The number of likely N-dealkylation sites (N-methyl/N-ethyl adjacent to an activating group) is 1. The van der Waals surface area contributed by atoms with Crippen molar-refractivity contribution in [1.29, 1.82) is 0 Å². The molecule has 2 amide bonds. The van der Waals surface area contributed by atoms with Crippen LogP contribution in [0.1, 0.15) is 56.3 Å². The maximum Gasteiger partial charge on any atom is 0.407 e. The van der Waals surface area contributed by atoms with Crippen molar-refractivity contribution in [2.45, 2.75) is 63.1 Å². The molecule has 0 aromatic carbocycles. The van der Waals surface area contributed by atoms with Crippen molar-refractivity contribution < 1.29 is 24.2 Å². The lowest BCUT2D eigenvalue weighted by Crippen LogP contribution is -2.61. The van der Waals surface area contributed by atoms with E-state index in [1.54, 1.807) is 30.3 Å². The fraction of sp³-hybridized carbons (Fsp3) is 0.720. The molecule has 0 saturated heterocycles. The van der Waals surface area contributed by atoms with Crippen LogP contribution in [0, 0.1) is 17.8 Å². The van der Waals surface area contributed by atoms with Gasteiger partial charge in [0.2, 0.25) is 0 Å². The summed E-state index contributed by atoms with van der Waals surface area (Å²) in [5.41, 5.74) is -0.742. The third-order valence-electron chi connectivity index (χ3n) is 7.79. The molecule has 194 valence electrons. The van der Waals surface area contributed by atoms with E-state index in [2.05, 4.69) is 15.7 Å². The van der Waals surface area contributed by atoms with Crippen LogP contribution in [0.3, 0.4) is 0 Å². The summed E-state index contributed by atoms with van der Waals surface area (Å²) < 4.78 is 11.6. The molecule has 2 atom stereocenters. The lowest BCUT2D eigenvalue weighted by molar-refractivity contribution is -0.136. The Labute approximate surface area is 207 Å². The Balaban J connectivity index is 1.55. The molecule has 10 heteroatoms. The Morgan fingerprint density at radius 2 is 1.97 bits per heavy atom.